The van der Waals surface area contributed by atoms with Crippen LogP contribution in [0, 0.1) is 0 Å². The van der Waals surface area contributed by atoms with Gasteiger partial charge in [-0.3, -0.25) is 14.4 Å². The molecule has 0 bridgehead atoms. The summed E-state index contributed by atoms with van der Waals surface area (Å²) in [4.78, 5) is 35.4. The number of ether oxygens (including phenoxy) is 3. The van der Waals surface area contributed by atoms with E-state index in [0.717, 1.165) is 24.8 Å². The average molecular weight is 427 g/mol. The van der Waals surface area contributed by atoms with E-state index in [2.05, 4.69) is 17.0 Å². The molecule has 0 saturated carbocycles. The fraction of sp³-hybridized carbons (Fsp3) is 0.375. The predicted octanol–water partition coefficient (Wildman–Crippen LogP) is 4.54. The maximum Gasteiger partial charge on any atom is 0.315 e. The van der Waals surface area contributed by atoms with Gasteiger partial charge < -0.3 is 19.5 Å². The Labute approximate surface area is 182 Å². The molecule has 0 spiro atoms. The van der Waals surface area contributed by atoms with Gasteiger partial charge in [-0.15, -0.1) is 0 Å². The molecule has 0 radical (unpaired) electrons. The highest BCUT2D eigenvalue weighted by Gasteiger charge is 2.13. The molecule has 1 N–H and O–H groups in total. The molecule has 0 unspecified atom stereocenters. The van der Waals surface area contributed by atoms with Crippen molar-refractivity contribution in [3.63, 3.8) is 0 Å². The molecule has 1 amide bonds. The third-order valence-corrected chi connectivity index (χ3v) is 4.63. The van der Waals surface area contributed by atoms with Gasteiger partial charge in [-0.05, 0) is 36.2 Å². The second-order valence-corrected chi connectivity index (χ2v) is 7.03. The number of carbonyl (C=O) groups excluding carboxylic acids is 3. The summed E-state index contributed by atoms with van der Waals surface area (Å²) in [7, 11) is 2.76. The molecule has 2 aromatic carbocycles. The summed E-state index contributed by atoms with van der Waals surface area (Å²) in [6, 6.07) is 12.3. The molecule has 2 rings (SSSR count). The van der Waals surface area contributed by atoms with Crippen molar-refractivity contribution in [1.29, 1.82) is 0 Å². The van der Waals surface area contributed by atoms with Crippen LogP contribution in [0.25, 0.3) is 0 Å². The van der Waals surface area contributed by atoms with Crippen LogP contribution in [0.2, 0.25) is 0 Å². The van der Waals surface area contributed by atoms with E-state index in [0.29, 0.717) is 29.2 Å². The molecule has 0 atom stereocenters. The standard InChI is InChI=1S/C24H29NO6/c1-4-5-6-10-21(26)20-12-11-19(14-22(20)29-2)31-16-17-8-7-9-18(13-17)25-23(27)15-24(28)30-3/h7-9,11-14H,4-6,10,15-16H2,1-3H3,(H,25,27). The minimum atomic E-state index is -0.599. The summed E-state index contributed by atoms with van der Waals surface area (Å²) in [6.45, 7) is 2.36. The zero-order chi connectivity index (χ0) is 22.6. The van der Waals surface area contributed by atoms with E-state index >= 15 is 0 Å². The van der Waals surface area contributed by atoms with Crippen LogP contribution in [-0.2, 0) is 20.9 Å². The Hall–Kier alpha value is -3.35. The molecule has 0 saturated heterocycles. The minimum absolute atomic E-state index is 0.0623. The largest absolute Gasteiger partial charge is 0.496 e. The van der Waals surface area contributed by atoms with E-state index in [-0.39, 0.29) is 18.8 Å². The number of rotatable bonds is 12. The lowest BCUT2D eigenvalue weighted by atomic mass is 10.0. The predicted molar refractivity (Wildman–Crippen MR) is 118 cm³/mol. The van der Waals surface area contributed by atoms with Gasteiger partial charge in [0.1, 0.15) is 24.5 Å². The normalized spacial score (nSPS) is 10.3. The first-order valence-corrected chi connectivity index (χ1v) is 10.3. The third-order valence-electron chi connectivity index (χ3n) is 4.63. The number of methoxy groups -OCH3 is 2. The van der Waals surface area contributed by atoms with Gasteiger partial charge in [0.05, 0.1) is 19.8 Å². The van der Waals surface area contributed by atoms with Crippen LogP contribution in [0.3, 0.4) is 0 Å². The SMILES string of the molecule is CCCCCC(=O)c1ccc(OCc2cccc(NC(=O)CC(=O)OC)c2)cc1OC. The van der Waals surface area contributed by atoms with Crippen molar-refractivity contribution in [2.75, 3.05) is 19.5 Å². The molecule has 166 valence electrons. The monoisotopic (exact) mass is 427 g/mol. The van der Waals surface area contributed by atoms with Crippen molar-refractivity contribution in [1.82, 2.24) is 0 Å². The van der Waals surface area contributed by atoms with Gasteiger partial charge in [0.2, 0.25) is 5.91 Å². The zero-order valence-corrected chi connectivity index (χ0v) is 18.2. The van der Waals surface area contributed by atoms with Gasteiger partial charge in [0.15, 0.2) is 5.78 Å². The van der Waals surface area contributed by atoms with Gasteiger partial charge >= 0.3 is 5.97 Å². The van der Waals surface area contributed by atoms with Crippen LogP contribution in [0.15, 0.2) is 42.5 Å². The van der Waals surface area contributed by atoms with Gasteiger partial charge in [0.25, 0.3) is 0 Å². The maximum absolute atomic E-state index is 12.4. The number of hydrogen-bond acceptors (Lipinski definition) is 6. The van der Waals surface area contributed by atoms with Crippen molar-refractivity contribution in [3.8, 4) is 11.5 Å². The summed E-state index contributed by atoms with van der Waals surface area (Å²) in [6.07, 6.45) is 3.10. The summed E-state index contributed by atoms with van der Waals surface area (Å²) in [5.74, 6) is 0.0734. The highest BCUT2D eigenvalue weighted by Crippen LogP contribution is 2.27. The Morgan fingerprint density at radius 3 is 2.52 bits per heavy atom. The Kier molecular flexibility index (Phi) is 9.55. The number of benzene rings is 2. The molecule has 31 heavy (non-hydrogen) atoms. The lowest BCUT2D eigenvalue weighted by Crippen LogP contribution is -2.17. The fourth-order valence-corrected chi connectivity index (χ4v) is 2.98. The topological polar surface area (TPSA) is 90.9 Å². The molecule has 0 aliphatic rings. The summed E-state index contributed by atoms with van der Waals surface area (Å²) < 4.78 is 15.7. The molecule has 0 aliphatic carbocycles. The Bertz CT molecular complexity index is 909. The van der Waals surface area contributed by atoms with Crippen LogP contribution in [-0.4, -0.2) is 31.9 Å². The van der Waals surface area contributed by atoms with Crippen LogP contribution >= 0.6 is 0 Å². The lowest BCUT2D eigenvalue weighted by Gasteiger charge is -2.12. The number of carbonyl (C=O) groups is 3. The summed E-state index contributed by atoms with van der Waals surface area (Å²) >= 11 is 0. The Balaban J connectivity index is 1.99. The number of anilines is 1. The van der Waals surface area contributed by atoms with Crippen molar-refractivity contribution in [2.24, 2.45) is 0 Å². The van der Waals surface area contributed by atoms with E-state index in [1.807, 2.05) is 6.07 Å². The van der Waals surface area contributed by atoms with E-state index in [9.17, 15) is 14.4 Å². The maximum atomic E-state index is 12.4. The summed E-state index contributed by atoms with van der Waals surface area (Å²) in [5.41, 5.74) is 1.94. The highest BCUT2D eigenvalue weighted by atomic mass is 16.5. The smallest absolute Gasteiger partial charge is 0.315 e. The number of unbranched alkanes of at least 4 members (excludes halogenated alkanes) is 2. The third kappa shape index (κ3) is 7.77. The first kappa shape index (κ1) is 23.9. The number of hydrogen-bond donors (Lipinski definition) is 1. The number of nitrogens with one attached hydrogen (secondary N) is 1. The van der Waals surface area contributed by atoms with Gasteiger partial charge in [-0.1, -0.05) is 31.9 Å². The van der Waals surface area contributed by atoms with Crippen molar-refractivity contribution in [2.45, 2.75) is 45.6 Å². The van der Waals surface area contributed by atoms with Crippen LogP contribution in [0.1, 0.15) is 54.9 Å². The average Bonchev–Trinajstić information content (AvgIpc) is 2.77. The fourth-order valence-electron chi connectivity index (χ4n) is 2.98. The van der Waals surface area contributed by atoms with E-state index in [4.69, 9.17) is 9.47 Å². The molecule has 7 heteroatoms. The van der Waals surface area contributed by atoms with Crippen LogP contribution in [0.4, 0.5) is 5.69 Å². The Morgan fingerprint density at radius 2 is 1.81 bits per heavy atom. The highest BCUT2D eigenvalue weighted by molar-refractivity contribution is 6.01. The number of Topliss-reactive ketones (excluding diaryl/α,β-unsaturated/α-hetero) is 1. The molecule has 0 aliphatic heterocycles. The Morgan fingerprint density at radius 1 is 1.00 bits per heavy atom. The van der Waals surface area contributed by atoms with Crippen molar-refractivity contribution >= 4 is 23.3 Å². The minimum Gasteiger partial charge on any atom is -0.496 e. The van der Waals surface area contributed by atoms with E-state index in [1.165, 1.54) is 14.2 Å². The first-order valence-electron chi connectivity index (χ1n) is 10.3. The summed E-state index contributed by atoms with van der Waals surface area (Å²) in [5, 5.41) is 2.65. The number of ketones is 1. The molecule has 0 aromatic heterocycles. The molecular formula is C24H29NO6. The zero-order valence-electron chi connectivity index (χ0n) is 18.2. The van der Waals surface area contributed by atoms with Gasteiger partial charge in [-0.25, -0.2) is 0 Å². The second-order valence-electron chi connectivity index (χ2n) is 7.03. The first-order chi connectivity index (χ1) is 15.0. The van der Waals surface area contributed by atoms with Crippen LogP contribution < -0.4 is 14.8 Å². The molecule has 2 aromatic rings. The van der Waals surface area contributed by atoms with Gasteiger partial charge in [0, 0.05) is 18.2 Å². The van der Waals surface area contributed by atoms with E-state index in [1.54, 1.807) is 36.4 Å². The molecule has 7 nitrogen and oxygen atoms in total. The van der Waals surface area contributed by atoms with Crippen molar-refractivity contribution < 1.29 is 28.6 Å². The molecule has 0 heterocycles. The molecular weight excluding hydrogens is 398 g/mol. The number of esters is 1. The number of amides is 1. The quantitative estimate of drug-likeness (QED) is 0.231. The van der Waals surface area contributed by atoms with E-state index < -0.39 is 11.9 Å². The molecule has 0 fully saturated rings. The van der Waals surface area contributed by atoms with Crippen molar-refractivity contribution in [3.05, 3.63) is 53.6 Å². The van der Waals surface area contributed by atoms with Crippen LogP contribution in [0.5, 0.6) is 11.5 Å². The second kappa shape index (κ2) is 12.4. The van der Waals surface area contributed by atoms with Gasteiger partial charge in [-0.2, -0.15) is 0 Å². The lowest BCUT2D eigenvalue weighted by molar-refractivity contribution is -0.142.